The summed E-state index contributed by atoms with van der Waals surface area (Å²) in [6.07, 6.45) is -0.437. The van der Waals surface area contributed by atoms with Crippen molar-refractivity contribution in [2.24, 2.45) is 0 Å². The van der Waals surface area contributed by atoms with Crippen LogP contribution in [-0.2, 0) is 9.90 Å². The Bertz CT molecular complexity index is 162. The molecule has 69 valence electrons. The number of aliphatic hydroxyl groups excluding tert-OH is 1. The number of carbonyl (C=O) groups is 1. The van der Waals surface area contributed by atoms with Crippen LogP contribution in [0.25, 0.3) is 0 Å². The number of hydrogen-bond donors (Lipinski definition) is 1. The van der Waals surface area contributed by atoms with Gasteiger partial charge in [-0.05, 0) is 19.8 Å². The molecule has 1 fully saturated rings. The molecule has 12 heavy (non-hydrogen) atoms. The van der Waals surface area contributed by atoms with Crippen molar-refractivity contribution in [3.63, 3.8) is 0 Å². The highest BCUT2D eigenvalue weighted by molar-refractivity contribution is 5.80. The largest absolute Gasteiger partial charge is 0.384 e. The molecule has 4 heteroatoms. The third-order valence-corrected chi connectivity index (χ3v) is 2.11. The Morgan fingerprint density at radius 1 is 1.50 bits per heavy atom. The van der Waals surface area contributed by atoms with Crippen LogP contribution in [-0.4, -0.2) is 41.2 Å². The number of nitrogens with zero attached hydrogens (tertiary/aromatic N) is 1. The van der Waals surface area contributed by atoms with Gasteiger partial charge in [-0.15, -0.1) is 0 Å². The fourth-order valence-electron chi connectivity index (χ4n) is 1.34. The predicted molar refractivity (Wildman–Crippen MR) is 42.0 cm³/mol. The molecule has 0 saturated carbocycles. The minimum Gasteiger partial charge on any atom is -0.384 e. The molecule has 1 atom stereocenters. The monoisotopic (exact) mass is 172 g/mol. The van der Waals surface area contributed by atoms with E-state index in [1.165, 1.54) is 6.92 Å². The number of rotatable bonds is 1. The van der Waals surface area contributed by atoms with Crippen molar-refractivity contribution in [1.82, 2.24) is 4.90 Å². The maximum absolute atomic E-state index is 11.2. The van der Waals surface area contributed by atoms with Crippen LogP contribution in [0.2, 0.25) is 0 Å². The molecule has 1 N–H and O–H groups in total. The van der Waals surface area contributed by atoms with Crippen molar-refractivity contribution in [2.45, 2.75) is 32.0 Å². The van der Waals surface area contributed by atoms with Crippen LogP contribution < -0.4 is 0 Å². The summed E-state index contributed by atoms with van der Waals surface area (Å²) in [6.45, 7) is 2.45. The topological polar surface area (TPSA) is 60.4 Å². The second-order valence-electron chi connectivity index (χ2n) is 3.20. The first kappa shape index (κ1) is 9.48. The van der Waals surface area contributed by atoms with Crippen LogP contribution in [0.1, 0.15) is 19.8 Å². The highest BCUT2D eigenvalue weighted by atomic mass is 16.3. The molecule has 0 aromatic rings. The van der Waals surface area contributed by atoms with Crippen molar-refractivity contribution >= 4 is 5.91 Å². The summed E-state index contributed by atoms with van der Waals surface area (Å²) in [4.78, 5) is 12.7. The van der Waals surface area contributed by atoms with E-state index in [4.69, 9.17) is 5.11 Å². The maximum Gasteiger partial charge on any atom is 0.251 e. The van der Waals surface area contributed by atoms with E-state index in [1.807, 2.05) is 0 Å². The summed E-state index contributed by atoms with van der Waals surface area (Å²) >= 11 is 0. The molecule has 1 aliphatic heterocycles. The average molecular weight is 172 g/mol. The first-order valence-electron chi connectivity index (χ1n) is 4.24. The van der Waals surface area contributed by atoms with E-state index in [0.717, 1.165) is 0 Å². The molecular weight excluding hydrogens is 158 g/mol. The van der Waals surface area contributed by atoms with Crippen molar-refractivity contribution in [1.29, 1.82) is 0 Å². The zero-order chi connectivity index (χ0) is 9.14. The number of likely N-dealkylation sites (tertiary alicyclic amines) is 1. The van der Waals surface area contributed by atoms with Gasteiger partial charge in [0.2, 0.25) is 0 Å². The lowest BCUT2D eigenvalue weighted by atomic mass is 10.1. The highest BCUT2D eigenvalue weighted by Crippen LogP contribution is 2.11. The summed E-state index contributed by atoms with van der Waals surface area (Å²) in [6, 6.07) is 0. The normalized spacial score (nSPS) is 22.4. The number of aliphatic hydroxyl groups is 1. The van der Waals surface area contributed by atoms with Crippen molar-refractivity contribution < 1.29 is 15.0 Å². The Kier molecular flexibility index (Phi) is 3.05. The van der Waals surface area contributed by atoms with Gasteiger partial charge in [-0.2, -0.15) is 0 Å². The van der Waals surface area contributed by atoms with Gasteiger partial charge in [0, 0.05) is 13.1 Å². The Hall–Kier alpha value is -0.610. The third-order valence-electron chi connectivity index (χ3n) is 2.11. The van der Waals surface area contributed by atoms with Gasteiger partial charge in [-0.1, -0.05) is 0 Å². The second-order valence-corrected chi connectivity index (χ2v) is 3.20. The van der Waals surface area contributed by atoms with Crippen LogP contribution in [0.4, 0.5) is 0 Å². The van der Waals surface area contributed by atoms with Gasteiger partial charge in [-0.25, -0.2) is 5.11 Å². The standard InChI is InChI=1S/C8H14NO3/c1-6(10)8(12)9-4-2-7(11)3-5-9/h6-7,10H,2-5H2,1H3. The van der Waals surface area contributed by atoms with E-state index in [1.54, 1.807) is 4.90 Å². The van der Waals surface area contributed by atoms with E-state index in [9.17, 15) is 9.90 Å². The van der Waals surface area contributed by atoms with Crippen LogP contribution in [0.3, 0.4) is 0 Å². The zero-order valence-corrected chi connectivity index (χ0v) is 7.19. The van der Waals surface area contributed by atoms with Crippen LogP contribution in [0.15, 0.2) is 0 Å². The summed E-state index contributed by atoms with van der Waals surface area (Å²) in [5.41, 5.74) is 0. The molecule has 0 aromatic carbocycles. The molecule has 0 bridgehead atoms. The van der Waals surface area contributed by atoms with Crippen molar-refractivity contribution in [3.05, 3.63) is 0 Å². The Balaban J connectivity index is 2.39. The molecule has 0 aromatic heterocycles. The van der Waals surface area contributed by atoms with Crippen LogP contribution in [0.5, 0.6) is 0 Å². The molecule has 1 amide bonds. The van der Waals surface area contributed by atoms with Gasteiger partial charge in [0.1, 0.15) is 6.10 Å². The molecule has 1 aliphatic rings. The summed E-state index contributed by atoms with van der Waals surface area (Å²) in [5, 5.41) is 19.9. The highest BCUT2D eigenvalue weighted by Gasteiger charge is 2.24. The smallest absolute Gasteiger partial charge is 0.251 e. The minimum absolute atomic E-state index is 0.262. The fourth-order valence-corrected chi connectivity index (χ4v) is 1.34. The molecule has 1 radical (unpaired) electrons. The molecule has 0 aliphatic carbocycles. The van der Waals surface area contributed by atoms with Crippen LogP contribution >= 0.6 is 0 Å². The first-order chi connectivity index (χ1) is 5.61. The van der Waals surface area contributed by atoms with E-state index in [-0.39, 0.29) is 5.91 Å². The predicted octanol–water partition coefficient (Wildman–Crippen LogP) is -0.211. The maximum atomic E-state index is 11.2. The lowest BCUT2D eigenvalue weighted by Crippen LogP contribution is -2.43. The van der Waals surface area contributed by atoms with Gasteiger partial charge < -0.3 is 10.0 Å². The summed E-state index contributed by atoms with van der Waals surface area (Å²) in [5.74, 6) is -0.262. The van der Waals surface area contributed by atoms with E-state index in [0.29, 0.717) is 25.9 Å². The third kappa shape index (κ3) is 2.19. The van der Waals surface area contributed by atoms with E-state index in [2.05, 4.69) is 0 Å². The van der Waals surface area contributed by atoms with E-state index >= 15 is 0 Å². The van der Waals surface area contributed by atoms with Gasteiger partial charge in [0.25, 0.3) is 5.91 Å². The Morgan fingerprint density at radius 3 is 2.42 bits per heavy atom. The van der Waals surface area contributed by atoms with Gasteiger partial charge in [0.05, 0.1) is 6.10 Å². The molecule has 1 saturated heterocycles. The lowest BCUT2D eigenvalue weighted by Gasteiger charge is -2.29. The quantitative estimate of drug-likeness (QED) is 0.595. The second kappa shape index (κ2) is 3.87. The molecular formula is C8H14NO3. The zero-order valence-electron chi connectivity index (χ0n) is 7.19. The van der Waals surface area contributed by atoms with Crippen LogP contribution in [0, 0.1) is 0 Å². The average Bonchev–Trinajstić information content (AvgIpc) is 2.04. The summed E-state index contributed by atoms with van der Waals surface area (Å²) in [7, 11) is 0. The number of carbonyl (C=O) groups excluding carboxylic acids is 1. The SMILES string of the molecule is CC(O)C(=O)N1CCC([O])CC1. The Labute approximate surface area is 71.8 Å². The van der Waals surface area contributed by atoms with E-state index < -0.39 is 12.2 Å². The lowest BCUT2D eigenvalue weighted by molar-refractivity contribution is -0.141. The van der Waals surface area contributed by atoms with Gasteiger partial charge in [0.15, 0.2) is 0 Å². The summed E-state index contributed by atoms with van der Waals surface area (Å²) < 4.78 is 0. The number of hydrogen-bond acceptors (Lipinski definition) is 2. The first-order valence-corrected chi connectivity index (χ1v) is 4.24. The van der Waals surface area contributed by atoms with Gasteiger partial charge in [-0.3, -0.25) is 4.79 Å². The number of piperidine rings is 1. The Morgan fingerprint density at radius 2 is 2.00 bits per heavy atom. The molecule has 0 spiro atoms. The minimum atomic E-state index is -0.937. The molecule has 1 rings (SSSR count). The molecule has 1 unspecified atom stereocenters. The molecule has 1 heterocycles. The van der Waals surface area contributed by atoms with Crippen molar-refractivity contribution in [2.75, 3.05) is 13.1 Å². The number of amides is 1. The fraction of sp³-hybridized carbons (Fsp3) is 0.875. The van der Waals surface area contributed by atoms with Gasteiger partial charge >= 0.3 is 0 Å². The molecule has 4 nitrogen and oxygen atoms in total. The van der Waals surface area contributed by atoms with Crippen molar-refractivity contribution in [3.8, 4) is 0 Å².